The summed E-state index contributed by atoms with van der Waals surface area (Å²) in [5.74, 6) is 0. The summed E-state index contributed by atoms with van der Waals surface area (Å²) in [5.41, 5.74) is 0.797. The Morgan fingerprint density at radius 1 is 1.64 bits per heavy atom. The van der Waals surface area contributed by atoms with Crippen molar-refractivity contribution in [3.8, 4) is 0 Å². The van der Waals surface area contributed by atoms with Crippen LogP contribution in [0.5, 0.6) is 0 Å². The van der Waals surface area contributed by atoms with Crippen molar-refractivity contribution < 1.29 is 0 Å². The summed E-state index contributed by atoms with van der Waals surface area (Å²) < 4.78 is 2.51. The summed E-state index contributed by atoms with van der Waals surface area (Å²) in [4.78, 5) is 15.5. The average molecular weight is 168 g/mol. The second-order valence-corrected chi connectivity index (χ2v) is 3.55. The number of hydrogen-bond donors (Lipinski definition) is 0. The van der Waals surface area contributed by atoms with Gasteiger partial charge in [-0.3, -0.25) is 14.4 Å². The molecule has 0 unspecified atom stereocenters. The molecule has 0 radical (unpaired) electrons. The Labute approximate surface area is 67.3 Å². The molecule has 0 atom stereocenters. The fraction of sp³-hybridized carbons (Fsp3) is 0.429. The van der Waals surface area contributed by atoms with E-state index >= 15 is 0 Å². The van der Waals surface area contributed by atoms with Crippen LogP contribution < -0.4 is 14.9 Å². The van der Waals surface area contributed by atoms with Crippen molar-refractivity contribution in [1.82, 2.24) is 4.57 Å². The Morgan fingerprint density at radius 3 is 3.18 bits per heavy atom. The molecule has 1 aromatic heterocycles. The lowest BCUT2D eigenvalue weighted by molar-refractivity contribution is 0.567. The van der Waals surface area contributed by atoms with Crippen LogP contribution in [0.15, 0.2) is 9.79 Å². The highest BCUT2D eigenvalue weighted by molar-refractivity contribution is 7.06. The van der Waals surface area contributed by atoms with Gasteiger partial charge in [-0.25, -0.2) is 0 Å². The summed E-state index contributed by atoms with van der Waals surface area (Å²) in [7, 11) is 0. The molecule has 0 saturated carbocycles. The smallest absolute Gasteiger partial charge is 0.283 e. The first-order valence-electron chi connectivity index (χ1n) is 3.52. The highest BCUT2D eigenvalue weighted by Gasteiger charge is 2.06. The van der Waals surface area contributed by atoms with E-state index in [1.54, 1.807) is 4.57 Å². The maximum atomic E-state index is 11.2. The molecule has 0 aliphatic carbocycles. The van der Waals surface area contributed by atoms with Crippen molar-refractivity contribution in [3.05, 3.63) is 19.7 Å². The standard InChI is InChI=1S/C7H8N2OS/c1-5-6-8-3-2-4-9(6)7(10)11-5/h1-4H2. The van der Waals surface area contributed by atoms with Crippen molar-refractivity contribution in [1.29, 1.82) is 0 Å². The minimum absolute atomic E-state index is 0.0773. The van der Waals surface area contributed by atoms with E-state index in [2.05, 4.69) is 11.6 Å². The molecule has 0 aromatic carbocycles. The van der Waals surface area contributed by atoms with Crippen molar-refractivity contribution >= 4 is 17.9 Å². The van der Waals surface area contributed by atoms with Gasteiger partial charge in [0.2, 0.25) is 0 Å². The number of fused-ring (bicyclic) bond motifs is 1. The molecule has 3 nitrogen and oxygen atoms in total. The van der Waals surface area contributed by atoms with E-state index in [0.29, 0.717) is 0 Å². The molecule has 4 heteroatoms. The quantitative estimate of drug-likeness (QED) is 0.506. The van der Waals surface area contributed by atoms with Gasteiger partial charge in [0.1, 0.15) is 5.49 Å². The van der Waals surface area contributed by atoms with E-state index in [9.17, 15) is 4.79 Å². The lowest BCUT2D eigenvalue weighted by Gasteiger charge is -2.04. The molecule has 1 aromatic rings. The van der Waals surface area contributed by atoms with E-state index in [1.165, 1.54) is 11.3 Å². The molecule has 0 saturated heterocycles. The van der Waals surface area contributed by atoms with Crippen LogP contribution in [0.3, 0.4) is 0 Å². The summed E-state index contributed by atoms with van der Waals surface area (Å²) in [6.45, 7) is 5.40. The zero-order chi connectivity index (χ0) is 7.84. The van der Waals surface area contributed by atoms with Crippen LogP contribution >= 0.6 is 11.3 Å². The Balaban J connectivity index is 2.93. The number of thiazole rings is 1. The Morgan fingerprint density at radius 2 is 2.45 bits per heavy atom. The molecule has 2 heterocycles. The van der Waals surface area contributed by atoms with Crippen LogP contribution in [0.2, 0.25) is 0 Å². The zero-order valence-electron chi connectivity index (χ0n) is 6.04. The highest BCUT2D eigenvalue weighted by atomic mass is 32.1. The predicted molar refractivity (Wildman–Crippen MR) is 44.4 cm³/mol. The van der Waals surface area contributed by atoms with Crippen molar-refractivity contribution in [3.63, 3.8) is 0 Å². The van der Waals surface area contributed by atoms with Crippen LogP contribution in [-0.4, -0.2) is 11.1 Å². The molecular weight excluding hydrogens is 160 g/mol. The van der Waals surface area contributed by atoms with Crippen molar-refractivity contribution in [2.24, 2.45) is 4.99 Å². The van der Waals surface area contributed by atoms with Gasteiger partial charge < -0.3 is 0 Å². The van der Waals surface area contributed by atoms with E-state index in [0.717, 1.165) is 29.5 Å². The maximum absolute atomic E-state index is 11.2. The highest BCUT2D eigenvalue weighted by Crippen LogP contribution is 1.89. The van der Waals surface area contributed by atoms with Gasteiger partial charge in [0.25, 0.3) is 0 Å². The first-order chi connectivity index (χ1) is 5.29. The first-order valence-corrected chi connectivity index (χ1v) is 4.34. The minimum atomic E-state index is 0.0773. The van der Waals surface area contributed by atoms with Gasteiger partial charge in [0.05, 0.1) is 4.53 Å². The number of nitrogens with zero attached hydrogens (tertiary/aromatic N) is 2. The monoisotopic (exact) mass is 168 g/mol. The van der Waals surface area contributed by atoms with Crippen molar-refractivity contribution in [2.75, 3.05) is 6.54 Å². The molecule has 58 valence electrons. The second kappa shape index (κ2) is 2.30. The number of hydrogen-bond acceptors (Lipinski definition) is 3. The van der Waals surface area contributed by atoms with Gasteiger partial charge in [-0.15, -0.1) is 0 Å². The van der Waals surface area contributed by atoms with Gasteiger partial charge in [-0.05, 0) is 6.42 Å². The average Bonchev–Trinajstić information content (AvgIpc) is 2.30. The van der Waals surface area contributed by atoms with Gasteiger partial charge in [0.15, 0.2) is 0 Å². The normalized spacial score (nSPS) is 15.6. The molecule has 2 rings (SSSR count). The lowest BCUT2D eigenvalue weighted by Crippen LogP contribution is -2.35. The van der Waals surface area contributed by atoms with Crippen LogP contribution in [-0.2, 0) is 6.54 Å². The molecular formula is C7H8N2OS. The third-order valence-electron chi connectivity index (χ3n) is 1.74. The number of rotatable bonds is 0. The molecule has 11 heavy (non-hydrogen) atoms. The van der Waals surface area contributed by atoms with Crippen LogP contribution in [0.25, 0.3) is 6.58 Å². The van der Waals surface area contributed by atoms with Gasteiger partial charge in [-0.2, -0.15) is 0 Å². The lowest BCUT2D eigenvalue weighted by atomic mass is 10.4. The third-order valence-corrected chi connectivity index (χ3v) is 2.56. The Kier molecular flexibility index (Phi) is 1.42. The number of aromatic nitrogens is 1. The first kappa shape index (κ1) is 6.79. The molecule has 0 N–H and O–H groups in total. The fourth-order valence-electron chi connectivity index (χ4n) is 1.23. The summed E-state index contributed by atoms with van der Waals surface area (Å²) in [6.07, 6.45) is 0.975. The van der Waals surface area contributed by atoms with Gasteiger partial charge >= 0.3 is 4.87 Å². The van der Waals surface area contributed by atoms with Crippen LogP contribution in [0, 0.1) is 0 Å². The summed E-state index contributed by atoms with van der Waals surface area (Å²) in [6, 6.07) is 0. The largest absolute Gasteiger partial charge is 0.309 e. The van der Waals surface area contributed by atoms with E-state index in [-0.39, 0.29) is 4.87 Å². The van der Waals surface area contributed by atoms with E-state index in [1.807, 2.05) is 0 Å². The van der Waals surface area contributed by atoms with Crippen LogP contribution in [0.4, 0.5) is 0 Å². The van der Waals surface area contributed by atoms with E-state index in [4.69, 9.17) is 0 Å². The van der Waals surface area contributed by atoms with Crippen molar-refractivity contribution in [2.45, 2.75) is 13.0 Å². The summed E-state index contributed by atoms with van der Waals surface area (Å²) in [5, 5.41) is 0. The fourth-order valence-corrected chi connectivity index (χ4v) is 1.99. The second-order valence-electron chi connectivity index (χ2n) is 2.50. The van der Waals surface area contributed by atoms with E-state index < -0.39 is 0 Å². The molecule has 0 spiro atoms. The topological polar surface area (TPSA) is 34.4 Å². The molecule has 1 aliphatic heterocycles. The predicted octanol–water partition coefficient (Wildman–Crippen LogP) is -0.657. The maximum Gasteiger partial charge on any atom is 0.309 e. The molecule has 0 fully saturated rings. The molecule has 0 amide bonds. The van der Waals surface area contributed by atoms with Gasteiger partial charge in [0, 0.05) is 13.1 Å². The Hall–Kier alpha value is -0.900. The van der Waals surface area contributed by atoms with Crippen LogP contribution in [0.1, 0.15) is 6.42 Å². The minimum Gasteiger partial charge on any atom is -0.283 e. The Bertz CT molecular complexity index is 428. The SMILES string of the molecule is C=c1sc(=O)n2c1=NCCC2. The zero-order valence-corrected chi connectivity index (χ0v) is 6.86. The molecule has 0 bridgehead atoms. The third kappa shape index (κ3) is 0.939. The summed E-state index contributed by atoms with van der Waals surface area (Å²) >= 11 is 1.19. The molecule has 1 aliphatic rings. The van der Waals surface area contributed by atoms with Gasteiger partial charge in [-0.1, -0.05) is 17.9 Å².